The van der Waals surface area contributed by atoms with E-state index in [1.807, 2.05) is 35.8 Å². The summed E-state index contributed by atoms with van der Waals surface area (Å²) in [6.45, 7) is 6.41. The van der Waals surface area contributed by atoms with Crippen molar-refractivity contribution >= 4 is 11.8 Å². The zero-order chi connectivity index (χ0) is 15.2. The first kappa shape index (κ1) is 15.4. The van der Waals surface area contributed by atoms with Gasteiger partial charge in [0.05, 0.1) is 14.2 Å². The number of ether oxygens (including phenoxy) is 2. The Labute approximate surface area is 129 Å². The molecule has 0 saturated heterocycles. The summed E-state index contributed by atoms with van der Waals surface area (Å²) in [5, 5.41) is 9.19. The summed E-state index contributed by atoms with van der Waals surface area (Å²) in [7, 11) is 3.32. The fraction of sp³-hybridized carbons (Fsp3) is 0.333. The molecule has 0 aliphatic rings. The fourth-order valence-electron chi connectivity index (χ4n) is 1.94. The number of hydrogen-bond donors (Lipinski definition) is 0. The number of aryl methyl sites for hydroxylation is 1. The number of nitrogens with zero attached hydrogens (tertiary/aromatic N) is 3. The van der Waals surface area contributed by atoms with Crippen LogP contribution in [0.1, 0.15) is 11.4 Å². The van der Waals surface area contributed by atoms with Crippen LogP contribution in [0.3, 0.4) is 0 Å². The van der Waals surface area contributed by atoms with Gasteiger partial charge in [0.25, 0.3) is 0 Å². The predicted octanol–water partition coefficient (Wildman–Crippen LogP) is 3.08. The van der Waals surface area contributed by atoms with Crippen molar-refractivity contribution < 1.29 is 9.47 Å². The molecule has 21 heavy (non-hydrogen) atoms. The van der Waals surface area contributed by atoms with Crippen LogP contribution in [0.2, 0.25) is 0 Å². The van der Waals surface area contributed by atoms with Crippen LogP contribution in [-0.4, -0.2) is 29.0 Å². The largest absolute Gasteiger partial charge is 0.497 e. The maximum Gasteiger partial charge on any atom is 0.191 e. The predicted molar refractivity (Wildman–Crippen MR) is 84.1 cm³/mol. The second-order valence-electron chi connectivity index (χ2n) is 4.40. The number of thioether (sulfide) groups is 1. The number of rotatable bonds is 7. The van der Waals surface area contributed by atoms with E-state index in [1.54, 1.807) is 26.0 Å². The molecule has 112 valence electrons. The lowest BCUT2D eigenvalue weighted by molar-refractivity contribution is 0.400. The van der Waals surface area contributed by atoms with Gasteiger partial charge < -0.3 is 14.0 Å². The van der Waals surface area contributed by atoms with Gasteiger partial charge in [-0.1, -0.05) is 17.8 Å². The van der Waals surface area contributed by atoms with Crippen LogP contribution in [-0.2, 0) is 12.3 Å². The average Bonchev–Trinajstić information content (AvgIpc) is 2.86. The lowest BCUT2D eigenvalue weighted by Crippen LogP contribution is -2.00. The second-order valence-corrected chi connectivity index (χ2v) is 5.34. The Morgan fingerprint density at radius 1 is 1.29 bits per heavy atom. The first-order valence-electron chi connectivity index (χ1n) is 6.54. The first-order valence-corrected chi connectivity index (χ1v) is 7.52. The fourth-order valence-corrected chi connectivity index (χ4v) is 2.92. The molecule has 1 aromatic carbocycles. The summed E-state index contributed by atoms with van der Waals surface area (Å²) in [5.74, 6) is 3.27. The summed E-state index contributed by atoms with van der Waals surface area (Å²) in [6, 6.07) is 5.78. The van der Waals surface area contributed by atoms with Crippen LogP contribution in [0, 0.1) is 6.92 Å². The van der Waals surface area contributed by atoms with E-state index in [-0.39, 0.29) is 0 Å². The van der Waals surface area contributed by atoms with Gasteiger partial charge in [0.15, 0.2) is 5.16 Å². The number of allylic oxidation sites excluding steroid dienone is 1. The van der Waals surface area contributed by atoms with E-state index in [9.17, 15) is 0 Å². The standard InChI is InChI=1S/C15H19N3O2S/c1-5-8-18-11(2)16-17-15(18)21-10-12-9-13(19-3)6-7-14(12)20-4/h5-7,9H,1,8,10H2,2-4H3. The van der Waals surface area contributed by atoms with Crippen molar-refractivity contribution in [2.24, 2.45) is 0 Å². The Bertz CT molecular complexity index is 625. The Hall–Kier alpha value is -1.95. The molecule has 2 rings (SSSR count). The molecule has 0 saturated carbocycles. The normalized spacial score (nSPS) is 10.4. The second kappa shape index (κ2) is 7.17. The summed E-state index contributed by atoms with van der Waals surface area (Å²) >= 11 is 1.62. The van der Waals surface area contributed by atoms with Crippen molar-refractivity contribution in [2.75, 3.05) is 14.2 Å². The van der Waals surface area contributed by atoms with Gasteiger partial charge in [0, 0.05) is 17.9 Å². The molecule has 1 aromatic heterocycles. The minimum atomic E-state index is 0.705. The zero-order valence-electron chi connectivity index (χ0n) is 12.5. The Morgan fingerprint density at radius 2 is 2.10 bits per heavy atom. The van der Waals surface area contributed by atoms with Gasteiger partial charge in [-0.3, -0.25) is 0 Å². The highest BCUT2D eigenvalue weighted by molar-refractivity contribution is 7.98. The van der Waals surface area contributed by atoms with E-state index >= 15 is 0 Å². The molecule has 0 N–H and O–H groups in total. The Balaban J connectivity index is 2.17. The Kier molecular flexibility index (Phi) is 5.27. The molecule has 2 aromatic rings. The van der Waals surface area contributed by atoms with Gasteiger partial charge in [-0.15, -0.1) is 16.8 Å². The van der Waals surface area contributed by atoms with E-state index in [0.717, 1.165) is 33.8 Å². The van der Waals surface area contributed by atoms with Gasteiger partial charge in [-0.2, -0.15) is 0 Å². The number of aromatic nitrogens is 3. The molecule has 6 heteroatoms. The first-order chi connectivity index (χ1) is 10.2. The van der Waals surface area contributed by atoms with Gasteiger partial charge >= 0.3 is 0 Å². The van der Waals surface area contributed by atoms with Crippen molar-refractivity contribution in [1.29, 1.82) is 0 Å². The van der Waals surface area contributed by atoms with Gasteiger partial charge in [-0.25, -0.2) is 0 Å². The lowest BCUT2D eigenvalue weighted by Gasteiger charge is -2.10. The van der Waals surface area contributed by atoms with E-state index in [1.165, 1.54) is 0 Å². The van der Waals surface area contributed by atoms with Crippen LogP contribution in [0.15, 0.2) is 36.0 Å². The monoisotopic (exact) mass is 305 g/mol. The maximum atomic E-state index is 5.39. The van der Waals surface area contributed by atoms with Crippen molar-refractivity contribution in [2.45, 2.75) is 24.4 Å². The molecule has 1 heterocycles. The molecule has 0 radical (unpaired) electrons. The van der Waals surface area contributed by atoms with Crippen LogP contribution in [0.4, 0.5) is 0 Å². The molecule has 0 aliphatic heterocycles. The molecular weight excluding hydrogens is 286 g/mol. The van der Waals surface area contributed by atoms with Crippen LogP contribution in [0.25, 0.3) is 0 Å². The highest BCUT2D eigenvalue weighted by Crippen LogP contribution is 2.30. The third-order valence-electron chi connectivity index (χ3n) is 3.06. The average molecular weight is 305 g/mol. The minimum Gasteiger partial charge on any atom is -0.497 e. The minimum absolute atomic E-state index is 0.705. The Morgan fingerprint density at radius 3 is 2.76 bits per heavy atom. The lowest BCUT2D eigenvalue weighted by atomic mass is 10.2. The van der Waals surface area contributed by atoms with E-state index < -0.39 is 0 Å². The quantitative estimate of drug-likeness (QED) is 0.581. The molecule has 0 bridgehead atoms. The van der Waals surface area contributed by atoms with Crippen LogP contribution >= 0.6 is 11.8 Å². The smallest absolute Gasteiger partial charge is 0.191 e. The molecule has 0 amide bonds. The van der Waals surface area contributed by atoms with Crippen molar-refractivity contribution in [3.63, 3.8) is 0 Å². The molecule has 0 aliphatic carbocycles. The van der Waals surface area contributed by atoms with E-state index in [2.05, 4.69) is 16.8 Å². The maximum absolute atomic E-state index is 5.39. The molecule has 0 atom stereocenters. The summed E-state index contributed by atoms with van der Waals surface area (Å²) in [5.41, 5.74) is 1.06. The zero-order valence-corrected chi connectivity index (χ0v) is 13.3. The van der Waals surface area contributed by atoms with Gasteiger partial charge in [-0.05, 0) is 25.1 Å². The van der Waals surface area contributed by atoms with E-state index in [4.69, 9.17) is 9.47 Å². The molecular formula is C15H19N3O2S. The van der Waals surface area contributed by atoms with Crippen molar-refractivity contribution in [3.8, 4) is 11.5 Å². The highest BCUT2D eigenvalue weighted by atomic mass is 32.2. The third-order valence-corrected chi connectivity index (χ3v) is 4.07. The summed E-state index contributed by atoms with van der Waals surface area (Å²) in [4.78, 5) is 0. The van der Waals surface area contributed by atoms with E-state index in [0.29, 0.717) is 6.54 Å². The highest BCUT2D eigenvalue weighted by Gasteiger charge is 2.11. The molecule has 5 nitrogen and oxygen atoms in total. The van der Waals surface area contributed by atoms with Crippen molar-refractivity contribution in [1.82, 2.24) is 14.8 Å². The number of hydrogen-bond acceptors (Lipinski definition) is 5. The van der Waals surface area contributed by atoms with Gasteiger partial charge in [0.2, 0.25) is 0 Å². The van der Waals surface area contributed by atoms with Gasteiger partial charge in [0.1, 0.15) is 17.3 Å². The van der Waals surface area contributed by atoms with Crippen LogP contribution in [0.5, 0.6) is 11.5 Å². The summed E-state index contributed by atoms with van der Waals surface area (Å²) < 4.78 is 12.7. The summed E-state index contributed by atoms with van der Waals surface area (Å²) in [6.07, 6.45) is 1.84. The molecule has 0 unspecified atom stereocenters. The topological polar surface area (TPSA) is 49.2 Å². The number of benzene rings is 1. The SMILES string of the molecule is C=CCn1c(C)nnc1SCc1cc(OC)ccc1OC. The van der Waals surface area contributed by atoms with Crippen molar-refractivity contribution in [3.05, 3.63) is 42.2 Å². The molecule has 0 spiro atoms. The number of methoxy groups -OCH3 is 2. The third kappa shape index (κ3) is 3.58. The molecule has 0 fully saturated rings. The van der Waals surface area contributed by atoms with Crippen LogP contribution < -0.4 is 9.47 Å².